The van der Waals surface area contributed by atoms with Gasteiger partial charge in [-0.3, -0.25) is 24.0 Å². The lowest BCUT2D eigenvalue weighted by atomic mass is 9.89. The number of carboxylic acid groups (broad SMARTS) is 1. The third-order valence-electron chi connectivity index (χ3n) is 19.0. The Balaban J connectivity index is 0.000000269. The highest BCUT2D eigenvalue weighted by atomic mass is 16.6. The van der Waals surface area contributed by atoms with Crippen LogP contribution >= 0.6 is 0 Å². The Morgan fingerprint density at radius 2 is 0.633 bits per heavy atom. The number of nitrogens with zero attached hydrogens (tertiary/aromatic N) is 4. The molecule has 662 valence electrons. The molecule has 4 aromatic rings. The summed E-state index contributed by atoms with van der Waals surface area (Å²) in [6, 6.07) is 35.5. The molecule has 8 N–H and O–H groups in total. The third kappa shape index (κ3) is 36.9. The molecule has 5 aliphatic heterocycles. The smallest absolute Gasteiger partial charge is 0.410 e. The van der Waals surface area contributed by atoms with Crippen molar-refractivity contribution in [2.24, 2.45) is 35.3 Å². The van der Waals surface area contributed by atoms with Gasteiger partial charge in [-0.2, -0.15) is 0 Å². The van der Waals surface area contributed by atoms with E-state index in [2.05, 4.69) is 26.6 Å². The number of alkyl carbamates (subject to hydrolysis) is 4. The highest BCUT2D eigenvalue weighted by molar-refractivity contribution is 5.83. The summed E-state index contributed by atoms with van der Waals surface area (Å²) in [5.41, 5.74) is 6.96. The predicted octanol–water partition coefficient (Wildman–Crippen LogP) is 10.7. The van der Waals surface area contributed by atoms with Gasteiger partial charge in [0.05, 0.1) is 43.8 Å². The number of hydrogen-bond donors (Lipinski definition) is 7. The van der Waals surface area contributed by atoms with Gasteiger partial charge >= 0.3 is 66.7 Å². The normalized spacial score (nSPS) is 20.9. The minimum atomic E-state index is -1.09. The predicted molar refractivity (Wildman–Crippen MR) is 440 cm³/mol. The van der Waals surface area contributed by atoms with Crippen LogP contribution in [-0.2, 0) is 97.8 Å². The SMILES string of the molecule is CC(=O)C1CN(C(=O)OC(C)(C)C)CCC1NC(=O)OCc1ccccc1.CC(=O)C1CNCCC1NC(=O)OCc1ccccc1.CC(C)(C)OC(=O)N1CCC(NC(=O)OCc2ccccc2)C(C(=O)O)C1.COC(=O)C1CN(C(=O)OC(C)(C)C)CCC1N.COC(=O)C1CN(C(=O)OC(C)(C)C)CCC1NC(=O)OCc1ccccc1. The molecule has 0 bridgehead atoms. The van der Waals surface area contributed by atoms with Crippen molar-refractivity contribution < 1.29 is 115 Å². The van der Waals surface area contributed by atoms with Gasteiger partial charge in [-0.05, 0) is 158 Å². The van der Waals surface area contributed by atoms with Gasteiger partial charge < -0.3 is 104 Å². The van der Waals surface area contributed by atoms with E-state index in [0.717, 1.165) is 35.2 Å². The molecule has 8 amide bonds. The second-order valence-corrected chi connectivity index (χ2v) is 33.4. The molecular weight excluding hydrogens is 1560 g/mol. The zero-order valence-corrected chi connectivity index (χ0v) is 72.0. The average Bonchev–Trinajstić information content (AvgIpc) is 0.847. The van der Waals surface area contributed by atoms with Crippen LogP contribution in [0, 0.1) is 29.6 Å². The van der Waals surface area contributed by atoms with Crippen LogP contribution in [0.1, 0.15) is 151 Å². The van der Waals surface area contributed by atoms with E-state index in [9.17, 15) is 67.4 Å². The Morgan fingerprint density at radius 3 is 0.925 bits per heavy atom. The summed E-state index contributed by atoms with van der Waals surface area (Å²) >= 11 is 0. The Kier molecular flexibility index (Phi) is 39.8. The first-order valence-corrected chi connectivity index (χ1v) is 40.1. The molecule has 0 saturated carbocycles. The number of likely N-dealkylation sites (tertiary alicyclic amines) is 4. The van der Waals surface area contributed by atoms with Gasteiger partial charge in [0.2, 0.25) is 0 Å². The summed E-state index contributed by atoms with van der Waals surface area (Å²) in [6.45, 7) is 28.5. The lowest BCUT2D eigenvalue weighted by molar-refractivity contribution is -0.149. The minimum absolute atomic E-state index is 0.0339. The number of Topliss-reactive ketones (excluding diaryl/α,β-unsaturated/α-hetero) is 2. The molecule has 4 aromatic carbocycles. The average molecular weight is 1680 g/mol. The molecule has 5 fully saturated rings. The summed E-state index contributed by atoms with van der Waals surface area (Å²) in [6.07, 6.45) is -1.78. The molecule has 0 aromatic heterocycles. The lowest BCUT2D eigenvalue weighted by Gasteiger charge is -2.38. The fourth-order valence-electron chi connectivity index (χ4n) is 12.9. The second-order valence-electron chi connectivity index (χ2n) is 33.4. The molecule has 10 atom stereocenters. The molecule has 5 aliphatic rings. The number of amides is 8. The number of piperidine rings is 5. The lowest BCUT2D eigenvalue weighted by Crippen LogP contribution is -2.55. The van der Waals surface area contributed by atoms with Crippen molar-refractivity contribution in [1.82, 2.24) is 46.2 Å². The zero-order valence-electron chi connectivity index (χ0n) is 72.0. The summed E-state index contributed by atoms with van der Waals surface area (Å²) in [5.74, 6) is -4.73. The first-order chi connectivity index (χ1) is 56.4. The largest absolute Gasteiger partial charge is 0.481 e. The fourth-order valence-corrected chi connectivity index (χ4v) is 12.9. The standard InChI is InChI=1S/C20H28N2O6.C20H28N2O5.C19H26N2O6.C15H20N2O3.C12H22N2O4/c1-20(2,3)28-19(25)22-11-10-16(15(12-22)17(23)26-4)21-18(24)27-13-14-8-6-5-7-9-14;1-14(23)16-12-22(19(25)27-20(2,3)4)11-10-17(16)21-18(24)26-13-15-8-6-5-7-9-15;1-19(2,3)27-18(25)21-10-9-15(14(11-21)16(22)23)20-17(24)26-12-13-7-5-4-6-8-13;1-11(18)13-9-16-8-7-14(13)17-15(19)20-10-12-5-3-2-4-6-12;1-12(2,3)18-11(16)14-6-5-9(13)8(7-14)10(15)17-4/h5-9,15-16H,10-13H2,1-4H3,(H,21,24);5-9,16-17H,10-13H2,1-4H3,(H,21,24);4-8,14-15H,9-12H2,1-3H3,(H,20,24)(H,22,23);2-6,13-14,16H,7-10H2,1H3,(H,17,19);8-9H,5-7,13H2,1-4H3. The fraction of sp³-hybridized carbons (Fsp3) is 0.570. The van der Waals surface area contributed by atoms with Crippen LogP contribution in [0.5, 0.6) is 0 Å². The van der Waals surface area contributed by atoms with Gasteiger partial charge in [0.1, 0.15) is 60.4 Å². The second kappa shape index (κ2) is 48.1. The molecule has 0 aliphatic carbocycles. The van der Waals surface area contributed by atoms with E-state index in [1.165, 1.54) is 40.7 Å². The first kappa shape index (κ1) is 99.3. The van der Waals surface area contributed by atoms with Crippen LogP contribution in [0.2, 0.25) is 0 Å². The maximum Gasteiger partial charge on any atom is 0.410 e. The number of aliphatic carboxylic acids is 1. The van der Waals surface area contributed by atoms with Gasteiger partial charge in [0.25, 0.3) is 0 Å². The van der Waals surface area contributed by atoms with Crippen LogP contribution in [-0.4, -0.2) is 235 Å². The van der Waals surface area contributed by atoms with E-state index >= 15 is 0 Å². The van der Waals surface area contributed by atoms with Gasteiger partial charge in [-0.25, -0.2) is 38.4 Å². The number of rotatable bonds is 17. The quantitative estimate of drug-likeness (QED) is 0.0381. The number of benzene rings is 4. The number of nitrogens with two attached hydrogens (primary N) is 1. The van der Waals surface area contributed by atoms with Crippen molar-refractivity contribution in [3.05, 3.63) is 144 Å². The van der Waals surface area contributed by atoms with Crippen LogP contribution in [0.3, 0.4) is 0 Å². The summed E-state index contributed by atoms with van der Waals surface area (Å²) in [7, 11) is 2.60. The summed E-state index contributed by atoms with van der Waals surface area (Å²) in [5, 5.41) is 23.5. The molecule has 34 nitrogen and oxygen atoms in total. The van der Waals surface area contributed by atoms with E-state index in [1.807, 2.05) is 121 Å². The number of carbonyl (C=O) groups is 13. The van der Waals surface area contributed by atoms with Crippen LogP contribution in [0.4, 0.5) is 38.4 Å². The third-order valence-corrected chi connectivity index (χ3v) is 19.0. The number of nitrogens with one attached hydrogen (secondary N) is 5. The van der Waals surface area contributed by atoms with Gasteiger partial charge in [0.15, 0.2) is 0 Å². The van der Waals surface area contributed by atoms with Crippen molar-refractivity contribution in [2.75, 3.05) is 79.7 Å². The molecule has 0 radical (unpaired) electrons. The number of ketones is 2. The van der Waals surface area contributed by atoms with E-state index < -0.39 is 119 Å². The van der Waals surface area contributed by atoms with E-state index in [-0.39, 0.29) is 94.2 Å². The minimum Gasteiger partial charge on any atom is -0.481 e. The van der Waals surface area contributed by atoms with Gasteiger partial charge in [0, 0.05) is 89.1 Å². The van der Waals surface area contributed by atoms with Crippen molar-refractivity contribution in [1.29, 1.82) is 0 Å². The molecule has 5 saturated heterocycles. The highest BCUT2D eigenvalue weighted by Gasteiger charge is 2.43. The van der Waals surface area contributed by atoms with Gasteiger partial charge in [-0.15, -0.1) is 0 Å². The van der Waals surface area contributed by atoms with Gasteiger partial charge in [-0.1, -0.05) is 121 Å². The van der Waals surface area contributed by atoms with E-state index in [1.54, 1.807) is 90.0 Å². The van der Waals surface area contributed by atoms with Crippen LogP contribution in [0.15, 0.2) is 121 Å². The molecule has 34 heteroatoms. The van der Waals surface area contributed by atoms with Crippen molar-refractivity contribution >= 4 is 78.2 Å². The number of hydrogen-bond acceptors (Lipinski definition) is 25. The number of ether oxygens (including phenoxy) is 10. The zero-order chi connectivity index (χ0) is 89.1. The monoisotopic (exact) mass is 1680 g/mol. The molecule has 10 unspecified atom stereocenters. The highest BCUT2D eigenvalue weighted by Crippen LogP contribution is 2.27. The summed E-state index contributed by atoms with van der Waals surface area (Å²) in [4.78, 5) is 161. The number of carbonyl (C=O) groups excluding carboxylic acids is 12. The topological polar surface area (TPSA) is 434 Å². The molecule has 5 heterocycles. The maximum atomic E-state index is 12.3. The van der Waals surface area contributed by atoms with Crippen molar-refractivity contribution in [3.63, 3.8) is 0 Å². The first-order valence-electron chi connectivity index (χ1n) is 40.1. The Bertz CT molecular complexity index is 3850. The molecule has 120 heavy (non-hydrogen) atoms. The maximum absolute atomic E-state index is 12.3. The number of carboxylic acids is 1. The van der Waals surface area contributed by atoms with Crippen LogP contribution < -0.4 is 32.3 Å². The molecule has 9 rings (SSSR count). The van der Waals surface area contributed by atoms with Crippen LogP contribution in [0.25, 0.3) is 0 Å². The Morgan fingerprint density at radius 1 is 0.375 bits per heavy atom. The van der Waals surface area contributed by atoms with E-state index in [4.69, 9.17) is 53.1 Å². The molecule has 0 spiro atoms. The Labute approximate surface area is 702 Å². The van der Waals surface area contributed by atoms with Crippen molar-refractivity contribution in [2.45, 2.75) is 208 Å². The molecular formula is C86H124N10O24. The summed E-state index contributed by atoms with van der Waals surface area (Å²) < 4.78 is 51.6. The Hall–Kier alpha value is -11.3. The van der Waals surface area contributed by atoms with E-state index in [0.29, 0.717) is 58.4 Å². The van der Waals surface area contributed by atoms with Crippen molar-refractivity contribution in [3.8, 4) is 0 Å². The number of esters is 2. The number of methoxy groups -OCH3 is 2.